The Morgan fingerprint density at radius 2 is 1.62 bits per heavy atom. The second kappa shape index (κ2) is 10.5. The summed E-state index contributed by atoms with van der Waals surface area (Å²) in [5.74, 6) is -0.176. The Balaban J connectivity index is 1.97. The maximum absolute atomic E-state index is 13.3. The third-order valence-electron chi connectivity index (χ3n) is 6.27. The molecule has 0 aliphatic carbocycles. The van der Waals surface area contributed by atoms with Crippen LogP contribution in [0, 0.1) is 0 Å². The number of rotatable bonds is 9. The lowest BCUT2D eigenvalue weighted by Gasteiger charge is -2.30. The lowest BCUT2D eigenvalue weighted by atomic mass is 9.90. The quantitative estimate of drug-likeness (QED) is 0.223. The highest BCUT2D eigenvalue weighted by atomic mass is 19.4. The van der Waals surface area contributed by atoms with Gasteiger partial charge in [0, 0.05) is 12.6 Å². The minimum absolute atomic E-state index is 0.0726. The van der Waals surface area contributed by atoms with Crippen molar-refractivity contribution < 1.29 is 35.9 Å². The average Bonchev–Trinajstić information content (AvgIpc) is 3.24. The zero-order chi connectivity index (χ0) is 27.5. The van der Waals surface area contributed by atoms with E-state index in [1.54, 1.807) is 36.4 Å². The first-order valence-corrected chi connectivity index (χ1v) is 11.3. The van der Waals surface area contributed by atoms with Gasteiger partial charge in [0.05, 0.1) is 29.4 Å². The number of ether oxygens (including phenoxy) is 1. The van der Waals surface area contributed by atoms with Crippen LogP contribution in [0.5, 0.6) is 0 Å². The molecule has 0 bridgehead atoms. The standard InChI is InChI=1S/C27H26F6N2O2/c1-4-24(12-11-23(36)35-24)16-34-25(5-2,20-9-7-6-8-10-20)17-37-18(3)19-13-21(26(28,29)30)15-22(14-19)27(31,32)33/h4-10,13-16,18H,1-2,11-12,17H2,3H3,(H,35,36)/t18-,24?,25?/m1/s1. The largest absolute Gasteiger partial charge is 0.416 e. The molecule has 2 aromatic rings. The molecule has 1 aliphatic rings. The van der Waals surface area contributed by atoms with E-state index in [1.165, 1.54) is 19.2 Å². The predicted octanol–water partition coefficient (Wildman–Crippen LogP) is 6.79. The van der Waals surface area contributed by atoms with Crippen LogP contribution in [-0.2, 0) is 27.4 Å². The molecule has 0 radical (unpaired) electrons. The molecule has 1 heterocycles. The van der Waals surface area contributed by atoms with E-state index >= 15 is 0 Å². The number of carbonyl (C=O) groups is 1. The fourth-order valence-corrected chi connectivity index (χ4v) is 3.95. The highest BCUT2D eigenvalue weighted by molar-refractivity contribution is 5.89. The van der Waals surface area contributed by atoms with Crippen LogP contribution in [0.1, 0.15) is 48.1 Å². The summed E-state index contributed by atoms with van der Waals surface area (Å²) in [6.07, 6.45) is -5.87. The summed E-state index contributed by atoms with van der Waals surface area (Å²) in [6.45, 7) is 8.74. The molecule has 37 heavy (non-hydrogen) atoms. The molecule has 1 fully saturated rings. The molecule has 1 N–H and O–H groups in total. The van der Waals surface area contributed by atoms with Crippen LogP contribution in [-0.4, -0.2) is 24.3 Å². The maximum Gasteiger partial charge on any atom is 0.416 e. The van der Waals surface area contributed by atoms with Gasteiger partial charge >= 0.3 is 12.4 Å². The van der Waals surface area contributed by atoms with Crippen LogP contribution >= 0.6 is 0 Å². The number of carbonyl (C=O) groups excluding carboxylic acids is 1. The van der Waals surface area contributed by atoms with Crippen LogP contribution in [0.4, 0.5) is 26.3 Å². The van der Waals surface area contributed by atoms with Crippen LogP contribution < -0.4 is 5.32 Å². The molecule has 0 saturated carbocycles. The molecule has 0 spiro atoms. The monoisotopic (exact) mass is 524 g/mol. The van der Waals surface area contributed by atoms with Gasteiger partial charge in [-0.25, -0.2) is 0 Å². The van der Waals surface area contributed by atoms with Gasteiger partial charge in [0.2, 0.25) is 5.91 Å². The minimum atomic E-state index is -4.97. The Morgan fingerprint density at radius 3 is 2.08 bits per heavy atom. The van der Waals surface area contributed by atoms with Crippen molar-refractivity contribution in [2.75, 3.05) is 6.61 Å². The van der Waals surface area contributed by atoms with Crippen molar-refractivity contribution in [3.8, 4) is 0 Å². The van der Waals surface area contributed by atoms with E-state index in [0.717, 1.165) is 0 Å². The lowest BCUT2D eigenvalue weighted by Crippen LogP contribution is -2.42. The second-order valence-electron chi connectivity index (χ2n) is 8.84. The Morgan fingerprint density at radius 1 is 1.03 bits per heavy atom. The summed E-state index contributed by atoms with van der Waals surface area (Å²) in [4.78, 5) is 16.5. The van der Waals surface area contributed by atoms with Gasteiger partial charge in [-0.2, -0.15) is 26.3 Å². The Kier molecular flexibility index (Phi) is 8.02. The number of hydrogen-bond acceptors (Lipinski definition) is 3. The number of aliphatic imine (C=N–C) groups is 1. The molecule has 1 amide bonds. The van der Waals surface area contributed by atoms with Gasteiger partial charge in [0.15, 0.2) is 0 Å². The van der Waals surface area contributed by atoms with Crippen molar-refractivity contribution in [3.63, 3.8) is 0 Å². The maximum atomic E-state index is 13.3. The lowest BCUT2D eigenvalue weighted by molar-refractivity contribution is -0.143. The molecule has 1 saturated heterocycles. The van der Waals surface area contributed by atoms with E-state index in [0.29, 0.717) is 24.1 Å². The van der Waals surface area contributed by atoms with Crippen molar-refractivity contribution in [1.82, 2.24) is 5.32 Å². The predicted molar refractivity (Wildman–Crippen MR) is 128 cm³/mol. The first kappa shape index (κ1) is 28.2. The highest BCUT2D eigenvalue weighted by Crippen LogP contribution is 2.39. The van der Waals surface area contributed by atoms with Gasteiger partial charge in [-0.3, -0.25) is 9.79 Å². The topological polar surface area (TPSA) is 50.7 Å². The van der Waals surface area contributed by atoms with Gasteiger partial charge in [-0.15, -0.1) is 13.2 Å². The van der Waals surface area contributed by atoms with Crippen molar-refractivity contribution >= 4 is 12.1 Å². The van der Waals surface area contributed by atoms with Crippen LogP contribution in [0.3, 0.4) is 0 Å². The summed E-state index contributed by atoms with van der Waals surface area (Å²) >= 11 is 0. The second-order valence-corrected chi connectivity index (χ2v) is 8.84. The summed E-state index contributed by atoms with van der Waals surface area (Å²) in [6, 6.07) is 10.1. The first-order chi connectivity index (χ1) is 17.2. The number of halogens is 6. The highest BCUT2D eigenvalue weighted by Gasteiger charge is 2.38. The SMILES string of the molecule is C=CC1(C=NC(C=C)(CO[C@H](C)c2cc(C(F)(F)F)cc(C(F)(F)F)c2)c2ccccc2)CCC(=O)N1. The van der Waals surface area contributed by atoms with Crippen molar-refractivity contribution in [2.45, 2.75) is 49.3 Å². The molecule has 1 aliphatic heterocycles. The molecule has 10 heteroatoms. The van der Waals surface area contributed by atoms with Crippen LogP contribution in [0.2, 0.25) is 0 Å². The number of hydrogen-bond donors (Lipinski definition) is 1. The summed E-state index contributed by atoms with van der Waals surface area (Å²) in [7, 11) is 0. The molecule has 198 valence electrons. The van der Waals surface area contributed by atoms with E-state index in [4.69, 9.17) is 4.74 Å². The van der Waals surface area contributed by atoms with E-state index in [9.17, 15) is 31.1 Å². The molecule has 3 atom stereocenters. The van der Waals surface area contributed by atoms with Gasteiger partial charge in [-0.1, -0.05) is 42.5 Å². The average molecular weight is 525 g/mol. The number of nitrogens with zero attached hydrogens (tertiary/aromatic N) is 1. The van der Waals surface area contributed by atoms with Gasteiger partial charge in [0.1, 0.15) is 5.54 Å². The summed E-state index contributed by atoms with van der Waals surface area (Å²) in [5.41, 5.74) is -4.68. The zero-order valence-electron chi connectivity index (χ0n) is 20.0. The van der Waals surface area contributed by atoms with Crippen molar-refractivity contribution in [1.29, 1.82) is 0 Å². The first-order valence-electron chi connectivity index (χ1n) is 11.3. The van der Waals surface area contributed by atoms with E-state index in [-0.39, 0.29) is 30.6 Å². The fourth-order valence-electron chi connectivity index (χ4n) is 3.95. The minimum Gasteiger partial charge on any atom is -0.371 e. The molecule has 4 nitrogen and oxygen atoms in total. The van der Waals surface area contributed by atoms with Gasteiger partial charge in [-0.05, 0) is 42.7 Å². The van der Waals surface area contributed by atoms with Gasteiger partial charge in [0.25, 0.3) is 0 Å². The third kappa shape index (κ3) is 6.49. The molecular weight excluding hydrogens is 498 g/mol. The van der Waals surface area contributed by atoms with Crippen LogP contribution in [0.25, 0.3) is 0 Å². The molecule has 3 rings (SSSR count). The molecule has 2 unspecified atom stereocenters. The molecular formula is C27H26F6N2O2. The number of nitrogens with one attached hydrogen (secondary N) is 1. The number of alkyl halides is 6. The van der Waals surface area contributed by atoms with Crippen LogP contribution in [0.15, 0.2) is 78.8 Å². The molecule has 2 aromatic carbocycles. The zero-order valence-corrected chi connectivity index (χ0v) is 20.0. The summed E-state index contributed by atoms with van der Waals surface area (Å²) in [5, 5.41) is 2.80. The smallest absolute Gasteiger partial charge is 0.371 e. The number of benzene rings is 2. The summed E-state index contributed by atoms with van der Waals surface area (Å²) < 4.78 is 85.7. The van der Waals surface area contributed by atoms with Gasteiger partial charge < -0.3 is 10.1 Å². The number of amides is 1. The fraction of sp³-hybridized carbons (Fsp3) is 0.333. The third-order valence-corrected chi connectivity index (χ3v) is 6.27. The van der Waals surface area contributed by atoms with E-state index < -0.39 is 40.7 Å². The Bertz CT molecular complexity index is 1140. The Hall–Kier alpha value is -3.40. The van der Waals surface area contributed by atoms with E-state index in [2.05, 4.69) is 23.5 Å². The Labute approximate surface area is 210 Å². The molecule has 0 aromatic heterocycles. The van der Waals surface area contributed by atoms with E-state index in [1.807, 2.05) is 0 Å². The van der Waals surface area contributed by atoms with Crippen molar-refractivity contribution in [2.24, 2.45) is 4.99 Å². The normalized spacial score (nSPS) is 20.9. The van der Waals surface area contributed by atoms with Crippen molar-refractivity contribution in [3.05, 3.63) is 96.1 Å².